The molecule has 2 saturated carbocycles. The first-order chi connectivity index (χ1) is 31.7. The third kappa shape index (κ3) is 14.8. The largest absolute Gasteiger partial charge is 0.444 e. The lowest BCUT2D eigenvalue weighted by molar-refractivity contribution is 0.0429. The molecule has 4 aromatic heterocycles. The average molecular weight is 1100 g/mol. The molecule has 4 aliphatic rings. The van der Waals surface area contributed by atoms with Gasteiger partial charge in [0, 0.05) is 50.0 Å². The number of hydrogen-bond donors (Lipinski definition) is 5. The summed E-state index contributed by atoms with van der Waals surface area (Å²) in [6, 6.07) is 0.488. The number of anilines is 1. The molecule has 2 saturated heterocycles. The van der Waals surface area contributed by atoms with Crippen molar-refractivity contribution in [3.05, 3.63) is 50.4 Å². The van der Waals surface area contributed by atoms with Crippen LogP contribution in [-0.2, 0) is 9.47 Å². The van der Waals surface area contributed by atoms with Crippen LogP contribution in [0.25, 0.3) is 11.3 Å². The Morgan fingerprint density at radius 1 is 0.735 bits per heavy atom. The predicted octanol–water partition coefficient (Wildman–Crippen LogP) is 9.91. The van der Waals surface area contributed by atoms with Gasteiger partial charge in [-0.2, -0.15) is 0 Å². The number of nitrogens with one attached hydrogen (secondary N) is 3. The first-order valence-electron chi connectivity index (χ1n) is 22.4. The second-order valence-electron chi connectivity index (χ2n) is 19.1. The Hall–Kier alpha value is -4.81. The summed E-state index contributed by atoms with van der Waals surface area (Å²) >= 11 is 12.9. The summed E-state index contributed by atoms with van der Waals surface area (Å²) in [6.45, 7) is 19.3. The van der Waals surface area contributed by atoms with Crippen molar-refractivity contribution in [2.24, 2.45) is 53.9 Å². The number of aromatic nitrogens is 6. The van der Waals surface area contributed by atoms with Crippen LogP contribution >= 0.6 is 43.5 Å². The van der Waals surface area contributed by atoms with Gasteiger partial charge in [-0.3, -0.25) is 8.80 Å². The van der Waals surface area contributed by atoms with Crippen molar-refractivity contribution in [3.8, 4) is 0 Å². The van der Waals surface area contributed by atoms with Gasteiger partial charge in [-0.05, 0) is 195 Å². The molecule has 376 valence electrons. The van der Waals surface area contributed by atoms with Crippen LogP contribution in [0.5, 0.6) is 0 Å². The molecule has 7 N–H and O–H groups in total. The molecular weight excluding hydrogens is 1030 g/mol. The molecule has 2 amide bonds. The van der Waals surface area contributed by atoms with Crippen LogP contribution in [0, 0.1) is 24.7 Å². The predicted molar refractivity (Wildman–Crippen MR) is 268 cm³/mol. The lowest BCUT2D eigenvalue weighted by Gasteiger charge is -2.43. The highest BCUT2D eigenvalue weighted by Crippen LogP contribution is 2.47. The first kappa shape index (κ1) is 55.8. The smallest absolute Gasteiger partial charge is 0.407 e. The minimum absolute atomic E-state index is 0. The number of halogens is 3. The molecular formula is C43H69Br2ClN18O4. The van der Waals surface area contributed by atoms with E-state index >= 15 is 0 Å². The molecule has 25 heteroatoms. The summed E-state index contributed by atoms with van der Waals surface area (Å²) in [5, 5.41) is 27.1. The van der Waals surface area contributed by atoms with Gasteiger partial charge in [0.1, 0.15) is 11.2 Å². The van der Waals surface area contributed by atoms with Crippen molar-refractivity contribution in [2.75, 3.05) is 31.1 Å². The molecule has 0 unspecified atom stereocenters. The number of piperidine rings is 2. The molecule has 4 fully saturated rings. The van der Waals surface area contributed by atoms with Gasteiger partial charge in [-0.15, -0.1) is 0 Å². The molecule has 8 rings (SSSR count). The average Bonchev–Trinajstić information content (AvgIpc) is 4.09. The van der Waals surface area contributed by atoms with Crippen molar-refractivity contribution < 1.29 is 19.1 Å². The molecule has 2 aliphatic carbocycles. The Balaban J connectivity index is 0.000000220. The van der Waals surface area contributed by atoms with Gasteiger partial charge in [0.15, 0.2) is 11.3 Å². The minimum atomic E-state index is -0.472. The number of aryl methyl sites for hydroxylation is 2. The summed E-state index contributed by atoms with van der Waals surface area (Å²) in [6.07, 6.45) is 18.0. The second-order valence-corrected chi connectivity index (χ2v) is 21.0. The van der Waals surface area contributed by atoms with E-state index in [2.05, 4.69) is 115 Å². The van der Waals surface area contributed by atoms with E-state index < -0.39 is 11.2 Å². The van der Waals surface area contributed by atoms with Crippen LogP contribution in [0.15, 0.2) is 65.1 Å². The highest BCUT2D eigenvalue weighted by molar-refractivity contribution is 9.11. The van der Waals surface area contributed by atoms with Crippen LogP contribution in [-0.4, -0.2) is 90.4 Å². The number of nitrogens with two attached hydrogens (primary N) is 2. The molecule has 2 atom stereocenters. The van der Waals surface area contributed by atoms with Gasteiger partial charge in [0.25, 0.3) is 0 Å². The molecule has 0 radical (unpaired) electrons. The maximum Gasteiger partial charge on any atom is 0.407 e. The minimum Gasteiger partial charge on any atom is -0.444 e. The zero-order valence-corrected chi connectivity index (χ0v) is 43.5. The van der Waals surface area contributed by atoms with Crippen LogP contribution in [0.2, 0.25) is 5.28 Å². The van der Waals surface area contributed by atoms with E-state index in [1.807, 2.05) is 67.8 Å². The van der Waals surface area contributed by atoms with Crippen molar-refractivity contribution in [3.63, 3.8) is 0 Å². The normalized spacial score (nSPS) is 19.8. The quantitative estimate of drug-likeness (QED) is 0.0540. The van der Waals surface area contributed by atoms with Gasteiger partial charge in [0.2, 0.25) is 11.2 Å². The number of fused-ring (bicyclic) bond motifs is 2. The summed E-state index contributed by atoms with van der Waals surface area (Å²) in [5.74, 6) is 9.97. The lowest BCUT2D eigenvalue weighted by atomic mass is 9.74. The molecule has 2 aliphatic heterocycles. The van der Waals surface area contributed by atoms with E-state index in [0.29, 0.717) is 16.7 Å². The number of hydrogen-bond acceptors (Lipinski definition) is 12. The van der Waals surface area contributed by atoms with E-state index in [9.17, 15) is 9.59 Å². The van der Waals surface area contributed by atoms with Gasteiger partial charge in [-0.1, -0.05) is 30.7 Å². The summed E-state index contributed by atoms with van der Waals surface area (Å²) in [5.41, 5.74) is 3.09. The van der Waals surface area contributed by atoms with Crippen molar-refractivity contribution >= 4 is 72.9 Å². The molecule has 2 spiro atoms. The van der Waals surface area contributed by atoms with Crippen LogP contribution in [0.4, 0.5) is 15.5 Å². The van der Waals surface area contributed by atoms with E-state index in [1.165, 1.54) is 25.7 Å². The number of carbonyl (C=O) groups excluding carboxylic acids is 2. The first-order valence-corrected chi connectivity index (χ1v) is 24.4. The third-order valence-corrected chi connectivity index (χ3v) is 14.4. The van der Waals surface area contributed by atoms with Crippen LogP contribution in [0.1, 0.15) is 125 Å². The van der Waals surface area contributed by atoms with E-state index in [1.54, 1.807) is 16.8 Å². The zero-order valence-electron chi connectivity index (χ0n) is 39.6. The van der Waals surface area contributed by atoms with E-state index in [-0.39, 0.29) is 31.1 Å². The molecule has 4 aromatic rings. The van der Waals surface area contributed by atoms with Gasteiger partial charge in [0.05, 0.1) is 20.3 Å². The Bertz CT molecular complexity index is 2350. The van der Waals surface area contributed by atoms with Gasteiger partial charge in [-0.25, -0.2) is 29.5 Å². The van der Waals surface area contributed by atoms with Crippen molar-refractivity contribution in [1.29, 1.82) is 0 Å². The Morgan fingerprint density at radius 2 is 1.18 bits per heavy atom. The number of ether oxygens (including phenoxy) is 2. The van der Waals surface area contributed by atoms with Gasteiger partial charge < -0.3 is 42.0 Å². The van der Waals surface area contributed by atoms with Crippen molar-refractivity contribution in [2.45, 2.75) is 150 Å². The molecule has 6 heterocycles. The van der Waals surface area contributed by atoms with E-state index in [0.717, 1.165) is 102 Å². The highest BCUT2D eigenvalue weighted by atomic mass is 79.9. The maximum atomic E-state index is 12.3. The number of alkyl carbamates (subject to hydrolysis) is 2. The summed E-state index contributed by atoms with van der Waals surface area (Å²) in [7, 11) is 0. The SMILES string of the molecule is C.CC(C)(C)OC(=O)N[C@@H]1CCCC12CCNCC2.Cc1nc(Cl)n2ccnc2c1Br.Cc1nc(N2CCC3(CCC[C@H]3NC(=O)OC(C)(C)C)CC2)n2ccnc2c1Br.N/N=N/N=N/N=N/N. The zero-order chi connectivity index (χ0) is 49.0. The molecule has 22 nitrogen and oxygen atoms in total. The van der Waals surface area contributed by atoms with Crippen LogP contribution < -0.4 is 32.5 Å². The number of nitrogens with zero attached hydrogens (tertiary/aromatic N) is 13. The fraction of sp³-hybridized carbons (Fsp3) is 0.674. The summed E-state index contributed by atoms with van der Waals surface area (Å²) in [4.78, 5) is 44.1. The van der Waals surface area contributed by atoms with E-state index in [4.69, 9.17) is 26.1 Å². The molecule has 0 bridgehead atoms. The van der Waals surface area contributed by atoms with Gasteiger partial charge >= 0.3 is 12.2 Å². The number of imidazole rings is 2. The second kappa shape index (κ2) is 24.7. The lowest BCUT2D eigenvalue weighted by Crippen LogP contribution is -2.51. The number of rotatable bonds is 5. The monoisotopic (exact) mass is 1090 g/mol. The summed E-state index contributed by atoms with van der Waals surface area (Å²) < 4.78 is 16.5. The third-order valence-electron chi connectivity index (χ3n) is 12.3. The fourth-order valence-electron chi connectivity index (χ4n) is 9.27. The number of amides is 2. The Morgan fingerprint density at radius 3 is 1.65 bits per heavy atom. The molecule has 68 heavy (non-hydrogen) atoms. The Kier molecular flexibility index (Phi) is 20.2. The standard InChI is InChI=1S/C21H30BrN5O2.C14H26N2O2.C7H5BrClN3.CH4.H4N8/c1-14-16(22)17-23-10-13-27(17)18(24-14)26-11-8-21(9-12-26)7-5-6-15(21)25-19(28)29-20(2,3)4;1-13(2,3)18-12(17)16-11-5-4-6-14(11)7-9-15-10-8-14;1-4-5(8)6-10-2-3-12(6)7(9)11-4;;1-3-5-7-8-6-4-2/h10,13,15H,5-9,11-12H2,1-4H3,(H,25,28);11,15H,4-10H2,1-3H3,(H,16,17);2-3H,1H3;1H4;(H2,1,4,5,8)(H2,2,3,6,7)/t15-;11-;;;/m11.../s1. The molecule has 0 aromatic carbocycles. The van der Waals surface area contributed by atoms with Crippen molar-refractivity contribution in [1.82, 2.24) is 44.7 Å². The topological polar surface area (TPSA) is 279 Å². The fourth-order valence-corrected chi connectivity index (χ4v) is 10.3. The van der Waals surface area contributed by atoms with Crippen LogP contribution in [0.3, 0.4) is 0 Å². The highest BCUT2D eigenvalue weighted by Gasteiger charge is 2.47. The number of carbonyl (C=O) groups is 2. The maximum absolute atomic E-state index is 12.3. The Labute approximate surface area is 420 Å².